The Morgan fingerprint density at radius 2 is 0.697 bits per heavy atom. The molecule has 2 fully saturated rings. The molecule has 2 saturated carbocycles. The van der Waals surface area contributed by atoms with E-state index >= 15 is 0 Å². The number of fused-ring (bicyclic) bond motifs is 6. The standard InChI is InChI=1S/C72H68N2O2/c1-43(2)59-41-65(73(61-33-15-13-21-45(61)5)63-35-19-31-55-53-29-17-27-49(69(53)75-71(55)63)47-23-9-7-10-24-47)57-40-38-52-60(44(3)4)42-66(58-39-37-51(59)67(57)68(52)58)74(62-34-16-14-22-46(62)6)64-36-20-32-56-54-30-18-28-50(70(54)76-72(56)64)48-25-11-8-12-26-48/h13-22,27-44,47-48H,7-12,23-26H2,1-6H3. The first-order valence-electron chi connectivity index (χ1n) is 28.6. The summed E-state index contributed by atoms with van der Waals surface area (Å²) in [4.78, 5) is 5.07. The van der Waals surface area contributed by atoms with Gasteiger partial charge in [0.25, 0.3) is 0 Å². The molecule has 0 amide bonds. The minimum atomic E-state index is 0.249. The molecule has 0 bridgehead atoms. The van der Waals surface area contributed by atoms with Gasteiger partial charge in [-0.1, -0.05) is 188 Å². The second kappa shape index (κ2) is 18.6. The zero-order valence-corrected chi connectivity index (χ0v) is 45.1. The number of rotatable bonds is 10. The van der Waals surface area contributed by atoms with Gasteiger partial charge in [-0.05, 0) is 155 Å². The molecule has 2 aliphatic carbocycles. The van der Waals surface area contributed by atoms with Gasteiger partial charge in [-0.15, -0.1) is 0 Å². The number of nitrogens with zero attached hydrogens (tertiary/aromatic N) is 2. The first kappa shape index (κ1) is 46.9. The zero-order chi connectivity index (χ0) is 51.3. The Morgan fingerprint density at radius 1 is 0.342 bits per heavy atom. The fraction of sp³-hybridized carbons (Fsp3) is 0.278. The molecule has 0 saturated heterocycles. The number of para-hydroxylation sites is 6. The first-order valence-corrected chi connectivity index (χ1v) is 28.6. The summed E-state index contributed by atoms with van der Waals surface area (Å²) in [5.74, 6) is 1.54. The van der Waals surface area contributed by atoms with Crippen LogP contribution in [0, 0.1) is 13.8 Å². The van der Waals surface area contributed by atoms with Crippen LogP contribution in [0.5, 0.6) is 0 Å². The van der Waals surface area contributed by atoms with Gasteiger partial charge in [0, 0.05) is 43.7 Å². The second-order valence-corrected chi connectivity index (χ2v) is 23.2. The molecular formula is C72H68N2O2. The van der Waals surface area contributed by atoms with Crippen LogP contribution in [0.4, 0.5) is 34.1 Å². The molecule has 10 aromatic carbocycles. The van der Waals surface area contributed by atoms with Gasteiger partial charge in [-0.25, -0.2) is 0 Å². The summed E-state index contributed by atoms with van der Waals surface area (Å²) in [5.41, 5.74) is 18.5. The van der Waals surface area contributed by atoms with Crippen LogP contribution in [-0.4, -0.2) is 0 Å². The van der Waals surface area contributed by atoms with Gasteiger partial charge in [0.15, 0.2) is 11.2 Å². The van der Waals surface area contributed by atoms with Crippen molar-refractivity contribution >= 4 is 110 Å². The van der Waals surface area contributed by atoms with E-state index in [2.05, 4.69) is 209 Å². The molecule has 0 aliphatic heterocycles. The third-order valence-corrected chi connectivity index (χ3v) is 18.0. The Balaban J connectivity index is 1.06. The van der Waals surface area contributed by atoms with E-state index in [0.717, 1.165) is 67.2 Å². The fourth-order valence-corrected chi connectivity index (χ4v) is 14.2. The van der Waals surface area contributed by atoms with E-state index < -0.39 is 0 Å². The average Bonchev–Trinajstić information content (AvgIpc) is 4.10. The number of furan rings is 2. The van der Waals surface area contributed by atoms with Gasteiger partial charge in [-0.2, -0.15) is 0 Å². The summed E-state index contributed by atoms with van der Waals surface area (Å²) in [5, 5.41) is 12.4. The molecule has 2 heterocycles. The summed E-state index contributed by atoms with van der Waals surface area (Å²) < 4.78 is 14.7. The Morgan fingerprint density at radius 3 is 1.09 bits per heavy atom. The van der Waals surface area contributed by atoms with Crippen LogP contribution in [0.25, 0.3) is 76.2 Å². The van der Waals surface area contributed by atoms with Crippen LogP contribution in [0.1, 0.15) is 149 Å². The number of hydrogen-bond acceptors (Lipinski definition) is 4. The largest absolute Gasteiger partial charge is 0.454 e. The third kappa shape index (κ3) is 7.37. The summed E-state index contributed by atoms with van der Waals surface area (Å²) in [6.07, 6.45) is 12.7. The van der Waals surface area contributed by atoms with Crippen molar-refractivity contribution < 1.29 is 8.83 Å². The maximum atomic E-state index is 7.34. The molecule has 0 radical (unpaired) electrons. The van der Waals surface area contributed by atoms with Crippen LogP contribution < -0.4 is 9.80 Å². The maximum absolute atomic E-state index is 7.34. The highest BCUT2D eigenvalue weighted by molar-refractivity contribution is 6.30. The molecule has 4 nitrogen and oxygen atoms in total. The molecule has 14 rings (SSSR count). The van der Waals surface area contributed by atoms with E-state index in [1.54, 1.807) is 0 Å². The van der Waals surface area contributed by atoms with Crippen molar-refractivity contribution in [2.75, 3.05) is 9.80 Å². The number of anilines is 6. The van der Waals surface area contributed by atoms with Crippen molar-refractivity contribution in [3.8, 4) is 0 Å². The van der Waals surface area contributed by atoms with Gasteiger partial charge < -0.3 is 18.6 Å². The second-order valence-electron chi connectivity index (χ2n) is 23.2. The smallest absolute Gasteiger partial charge is 0.159 e. The highest BCUT2D eigenvalue weighted by atomic mass is 16.3. The summed E-state index contributed by atoms with van der Waals surface area (Å²) in [6.45, 7) is 13.9. The van der Waals surface area contributed by atoms with Crippen LogP contribution in [0.3, 0.4) is 0 Å². The van der Waals surface area contributed by atoms with Gasteiger partial charge in [0.05, 0.1) is 22.7 Å². The Bertz CT molecular complexity index is 3920. The predicted octanol–water partition coefficient (Wildman–Crippen LogP) is 22.3. The minimum Gasteiger partial charge on any atom is -0.454 e. The highest BCUT2D eigenvalue weighted by Gasteiger charge is 2.31. The van der Waals surface area contributed by atoms with Gasteiger partial charge >= 0.3 is 0 Å². The molecule has 76 heavy (non-hydrogen) atoms. The summed E-state index contributed by atoms with van der Waals surface area (Å²) in [7, 11) is 0. The average molecular weight is 993 g/mol. The topological polar surface area (TPSA) is 32.8 Å². The quantitative estimate of drug-likeness (QED) is 0.128. The van der Waals surface area contributed by atoms with Crippen LogP contribution in [0.15, 0.2) is 167 Å². The lowest BCUT2D eigenvalue weighted by Gasteiger charge is -2.32. The Labute approximate surface area is 447 Å². The van der Waals surface area contributed by atoms with Crippen molar-refractivity contribution in [2.24, 2.45) is 0 Å². The molecule has 0 N–H and O–H groups in total. The monoisotopic (exact) mass is 993 g/mol. The lowest BCUT2D eigenvalue weighted by Crippen LogP contribution is -2.14. The van der Waals surface area contributed by atoms with E-state index in [9.17, 15) is 0 Å². The van der Waals surface area contributed by atoms with E-state index in [1.807, 2.05) is 0 Å². The SMILES string of the molecule is Cc1ccccc1N(c1cc(C(C)C)c2ccc3c(N(c4ccccc4C)c4cccc5c4oc4c(C6CCCCC6)cccc45)cc(C(C)C)c4ccc1c2c43)c1cccc2c1oc1c(C3CCCCC3)cccc12. The van der Waals surface area contributed by atoms with Crippen molar-refractivity contribution in [2.45, 2.75) is 129 Å². The number of aryl methyl sites for hydroxylation is 2. The molecule has 378 valence electrons. The normalized spacial score (nSPS) is 15.1. The van der Waals surface area contributed by atoms with Crippen molar-refractivity contribution in [1.29, 1.82) is 0 Å². The minimum absolute atomic E-state index is 0.249. The van der Waals surface area contributed by atoms with Gasteiger partial charge in [0.1, 0.15) is 11.2 Å². The van der Waals surface area contributed by atoms with Crippen molar-refractivity contribution in [3.63, 3.8) is 0 Å². The van der Waals surface area contributed by atoms with Crippen molar-refractivity contribution in [1.82, 2.24) is 0 Å². The zero-order valence-electron chi connectivity index (χ0n) is 45.1. The Hall–Kier alpha value is -7.56. The van der Waals surface area contributed by atoms with E-state index in [-0.39, 0.29) is 11.8 Å². The molecule has 4 heteroatoms. The van der Waals surface area contributed by atoms with Crippen LogP contribution in [-0.2, 0) is 0 Å². The molecule has 2 aliphatic rings. The Kier molecular flexibility index (Phi) is 11.5. The third-order valence-electron chi connectivity index (χ3n) is 18.0. The van der Waals surface area contributed by atoms with Gasteiger partial charge in [0.2, 0.25) is 0 Å². The lowest BCUT2D eigenvalue weighted by atomic mass is 9.83. The molecule has 2 aromatic heterocycles. The van der Waals surface area contributed by atoms with Crippen LogP contribution in [0.2, 0.25) is 0 Å². The summed E-state index contributed by atoms with van der Waals surface area (Å²) >= 11 is 0. The molecule has 0 atom stereocenters. The molecule has 0 spiro atoms. The van der Waals surface area contributed by atoms with Crippen LogP contribution >= 0.6 is 0 Å². The molecule has 12 aromatic rings. The number of benzene rings is 10. The molecular weight excluding hydrogens is 925 g/mol. The van der Waals surface area contributed by atoms with E-state index in [1.165, 1.54) is 141 Å². The van der Waals surface area contributed by atoms with Gasteiger partial charge in [-0.3, -0.25) is 0 Å². The predicted molar refractivity (Wildman–Crippen MR) is 323 cm³/mol. The maximum Gasteiger partial charge on any atom is 0.159 e. The van der Waals surface area contributed by atoms with Crippen molar-refractivity contribution in [3.05, 3.63) is 191 Å². The van der Waals surface area contributed by atoms with E-state index in [4.69, 9.17) is 8.83 Å². The lowest BCUT2D eigenvalue weighted by molar-refractivity contribution is 0.442. The summed E-state index contributed by atoms with van der Waals surface area (Å²) in [6, 6.07) is 59.9. The highest BCUT2D eigenvalue weighted by Crippen LogP contribution is 2.54. The fourth-order valence-electron chi connectivity index (χ4n) is 14.2. The van der Waals surface area contributed by atoms with E-state index in [0.29, 0.717) is 11.8 Å². The number of hydrogen-bond donors (Lipinski definition) is 0. The molecule has 0 unspecified atom stereocenters. The first-order chi connectivity index (χ1) is 37.2.